The summed E-state index contributed by atoms with van der Waals surface area (Å²) in [6.07, 6.45) is 7.26. The highest BCUT2D eigenvalue weighted by Gasteiger charge is 2.27. The largest absolute Gasteiger partial charge is 0.465 e. The van der Waals surface area contributed by atoms with E-state index in [1.54, 1.807) is 36.4 Å². The minimum Gasteiger partial charge on any atom is -0.465 e. The van der Waals surface area contributed by atoms with Crippen molar-refractivity contribution in [2.75, 3.05) is 11.6 Å². The number of benzene rings is 2. The zero-order valence-electron chi connectivity index (χ0n) is 21.1. The molecule has 0 atom stereocenters. The number of rotatable bonds is 7. The molecule has 4 aromatic rings. The Labute approximate surface area is 226 Å². The van der Waals surface area contributed by atoms with Crippen LogP contribution in [-0.4, -0.2) is 43.2 Å². The van der Waals surface area contributed by atoms with Crippen molar-refractivity contribution in [1.82, 2.24) is 8.96 Å². The second-order valence-corrected chi connectivity index (χ2v) is 13.4. The molecule has 1 amide bonds. The zero-order chi connectivity index (χ0) is 27.8. The van der Waals surface area contributed by atoms with E-state index in [0.717, 1.165) is 31.9 Å². The molecule has 2 aromatic carbocycles. The van der Waals surface area contributed by atoms with E-state index in [9.17, 15) is 21.6 Å². The van der Waals surface area contributed by atoms with Gasteiger partial charge in [-0.05, 0) is 60.7 Å². The molecule has 2 N–H and O–H groups in total. The van der Waals surface area contributed by atoms with E-state index >= 15 is 0 Å². The highest BCUT2D eigenvalue weighted by Crippen LogP contribution is 2.37. The van der Waals surface area contributed by atoms with E-state index in [-0.39, 0.29) is 27.0 Å². The Bertz CT molecular complexity index is 1790. The van der Waals surface area contributed by atoms with Crippen LogP contribution in [0.3, 0.4) is 0 Å². The topological polar surface area (TPSA) is 135 Å². The van der Waals surface area contributed by atoms with Gasteiger partial charge in [0, 0.05) is 17.2 Å². The van der Waals surface area contributed by atoms with Crippen LogP contribution in [0.5, 0.6) is 0 Å². The summed E-state index contributed by atoms with van der Waals surface area (Å²) in [4.78, 5) is 15.8. The summed E-state index contributed by atoms with van der Waals surface area (Å²) in [5, 5.41) is 11.9. The summed E-state index contributed by atoms with van der Waals surface area (Å²) in [5.74, 6) is 0.220. The van der Waals surface area contributed by atoms with Gasteiger partial charge in [0.15, 0.2) is 15.5 Å². The number of hydrogen-bond acceptors (Lipinski definition) is 6. The molecule has 0 bridgehead atoms. The molecule has 0 spiro atoms. The third kappa shape index (κ3) is 5.45. The molecule has 39 heavy (non-hydrogen) atoms. The van der Waals surface area contributed by atoms with Crippen LogP contribution in [-0.2, 0) is 19.9 Å². The number of nitrogens with one attached hydrogen (secondary N) is 1. The van der Waals surface area contributed by atoms with Gasteiger partial charge in [0.2, 0.25) is 0 Å². The number of hydrogen-bond donors (Lipinski definition) is 2. The minimum atomic E-state index is -4.13. The molecular weight excluding hydrogens is 538 g/mol. The lowest BCUT2D eigenvalue weighted by molar-refractivity contribution is 0.209. The van der Waals surface area contributed by atoms with Crippen molar-refractivity contribution < 1.29 is 26.7 Å². The molecule has 11 heteroatoms. The van der Waals surface area contributed by atoms with Gasteiger partial charge in [0.25, 0.3) is 10.0 Å². The van der Waals surface area contributed by atoms with Crippen LogP contribution in [0.15, 0.2) is 88.8 Å². The summed E-state index contributed by atoms with van der Waals surface area (Å²) in [6.45, 7) is 0. The number of nitrogens with zero attached hydrogens (tertiary/aromatic N) is 2. The van der Waals surface area contributed by atoms with E-state index < -0.39 is 26.0 Å². The van der Waals surface area contributed by atoms with Gasteiger partial charge in [-0.2, -0.15) is 0 Å². The molecule has 1 saturated carbocycles. The summed E-state index contributed by atoms with van der Waals surface area (Å²) in [7, 11) is -7.55. The Morgan fingerprint density at radius 2 is 1.64 bits per heavy atom. The van der Waals surface area contributed by atoms with Gasteiger partial charge in [0.1, 0.15) is 0 Å². The minimum absolute atomic E-state index is 0.0749. The van der Waals surface area contributed by atoms with Crippen molar-refractivity contribution in [2.24, 2.45) is 5.92 Å². The van der Waals surface area contributed by atoms with E-state index in [4.69, 9.17) is 5.11 Å². The first-order chi connectivity index (χ1) is 18.5. The Hall–Kier alpha value is -3.96. The zero-order valence-corrected chi connectivity index (χ0v) is 22.7. The highest BCUT2D eigenvalue weighted by atomic mass is 32.2. The van der Waals surface area contributed by atoms with Crippen LogP contribution >= 0.6 is 0 Å². The number of amides is 1. The molecule has 1 fully saturated rings. The van der Waals surface area contributed by atoms with Gasteiger partial charge in [-0.3, -0.25) is 5.32 Å². The van der Waals surface area contributed by atoms with E-state index in [0.29, 0.717) is 22.2 Å². The number of pyridine rings is 1. The number of sulfone groups is 1. The van der Waals surface area contributed by atoms with Crippen molar-refractivity contribution in [3.8, 4) is 0 Å². The molecule has 9 nitrogen and oxygen atoms in total. The third-order valence-electron chi connectivity index (χ3n) is 6.80. The average molecular weight is 566 g/mol. The number of allylic oxidation sites excluding steroid dienone is 1. The molecule has 0 aliphatic heterocycles. The molecule has 0 radical (unpaired) electrons. The quantitative estimate of drug-likeness (QED) is 0.307. The first-order valence-corrected chi connectivity index (χ1v) is 15.7. The molecule has 0 unspecified atom stereocenters. The molecule has 0 saturated heterocycles. The maximum atomic E-state index is 14.1. The van der Waals surface area contributed by atoms with Gasteiger partial charge < -0.3 is 5.11 Å². The number of carboxylic acid groups (broad SMARTS) is 1. The molecule has 2 heterocycles. The third-order valence-corrected chi connectivity index (χ3v) is 9.65. The molecule has 5 rings (SSSR count). The van der Waals surface area contributed by atoms with E-state index in [1.165, 1.54) is 40.5 Å². The Kier molecular flexibility index (Phi) is 7.04. The van der Waals surface area contributed by atoms with E-state index in [2.05, 4.69) is 16.4 Å². The number of aromatic nitrogens is 2. The predicted molar refractivity (Wildman–Crippen MR) is 149 cm³/mol. The number of carbonyl (C=O) groups is 1. The van der Waals surface area contributed by atoms with Crippen molar-refractivity contribution in [3.05, 3.63) is 90.3 Å². The van der Waals surface area contributed by atoms with Crippen molar-refractivity contribution in [2.45, 2.75) is 35.5 Å². The highest BCUT2D eigenvalue weighted by molar-refractivity contribution is 7.90. The van der Waals surface area contributed by atoms with Gasteiger partial charge in [-0.1, -0.05) is 49.2 Å². The summed E-state index contributed by atoms with van der Waals surface area (Å²) in [6, 6.07) is 17.6. The van der Waals surface area contributed by atoms with Crippen LogP contribution in [0, 0.1) is 5.92 Å². The Balaban J connectivity index is 1.79. The summed E-state index contributed by atoms with van der Waals surface area (Å²) >= 11 is 0. The monoisotopic (exact) mass is 565 g/mol. The molecule has 2 aromatic heterocycles. The first kappa shape index (κ1) is 26.6. The lowest BCUT2D eigenvalue weighted by Gasteiger charge is -2.16. The standard InChI is InChI=1S/C28H27N3O6S2/c1-38(34,35)23-13-11-20(12-14-23)25(15-19-7-5-6-8-19)26-17-21-16-22(30-28(32)33)18-29-27(21)31(26)39(36,37)24-9-3-2-4-10-24/h2-4,9-19,30H,5-8H2,1H3,(H,32,33). The lowest BCUT2D eigenvalue weighted by atomic mass is 9.96. The maximum Gasteiger partial charge on any atom is 0.409 e. The number of fused-ring (bicyclic) bond motifs is 1. The average Bonchev–Trinajstić information content (AvgIpc) is 3.55. The summed E-state index contributed by atoms with van der Waals surface area (Å²) in [5.41, 5.74) is 2.00. The van der Waals surface area contributed by atoms with E-state index in [1.807, 2.05) is 0 Å². The van der Waals surface area contributed by atoms with Gasteiger partial charge >= 0.3 is 6.09 Å². The van der Waals surface area contributed by atoms with Crippen molar-refractivity contribution in [1.29, 1.82) is 0 Å². The second-order valence-electron chi connectivity index (χ2n) is 9.60. The normalized spacial score (nSPS) is 15.1. The smallest absolute Gasteiger partial charge is 0.409 e. The predicted octanol–water partition coefficient (Wildman–Crippen LogP) is 5.39. The molecule has 1 aliphatic carbocycles. The molecular formula is C28H27N3O6S2. The fraction of sp³-hybridized carbons (Fsp3) is 0.214. The first-order valence-electron chi connectivity index (χ1n) is 12.4. The van der Waals surface area contributed by atoms with Crippen LogP contribution in [0.25, 0.3) is 16.6 Å². The van der Waals surface area contributed by atoms with Crippen molar-refractivity contribution >= 4 is 48.2 Å². The van der Waals surface area contributed by atoms with Gasteiger partial charge in [-0.25, -0.2) is 30.6 Å². The SMILES string of the molecule is CS(=O)(=O)c1ccc(C(=CC2CCCC2)c2cc3cc(NC(=O)O)cnc3n2S(=O)(=O)c2ccccc2)cc1. The van der Waals surface area contributed by atoms with Crippen LogP contribution in [0.2, 0.25) is 0 Å². The number of anilines is 1. The van der Waals surface area contributed by atoms with Crippen LogP contribution < -0.4 is 5.32 Å². The molecule has 1 aliphatic rings. The molecule has 202 valence electrons. The van der Waals surface area contributed by atoms with Gasteiger partial charge in [0.05, 0.1) is 27.4 Å². The lowest BCUT2D eigenvalue weighted by Crippen LogP contribution is -2.16. The maximum absolute atomic E-state index is 14.1. The Morgan fingerprint density at radius 3 is 2.26 bits per heavy atom. The second kappa shape index (κ2) is 10.3. The Morgan fingerprint density at radius 1 is 0.974 bits per heavy atom. The van der Waals surface area contributed by atoms with Gasteiger partial charge in [-0.15, -0.1) is 0 Å². The fourth-order valence-electron chi connectivity index (χ4n) is 4.96. The van der Waals surface area contributed by atoms with Crippen LogP contribution in [0.1, 0.15) is 36.9 Å². The summed E-state index contributed by atoms with van der Waals surface area (Å²) < 4.78 is 53.5. The van der Waals surface area contributed by atoms with Crippen LogP contribution in [0.4, 0.5) is 10.5 Å². The fourth-order valence-corrected chi connectivity index (χ4v) is 7.09. The van der Waals surface area contributed by atoms with Crippen molar-refractivity contribution in [3.63, 3.8) is 0 Å².